The van der Waals surface area contributed by atoms with Crippen LogP contribution in [0.5, 0.6) is 0 Å². The first-order chi connectivity index (χ1) is 11.2. The summed E-state index contributed by atoms with van der Waals surface area (Å²) in [5, 5.41) is 2.73. The van der Waals surface area contributed by atoms with Crippen molar-refractivity contribution in [3.63, 3.8) is 0 Å². The predicted molar refractivity (Wildman–Crippen MR) is 89.9 cm³/mol. The number of benzene rings is 2. The number of hydrogen-bond acceptors (Lipinski definition) is 3. The van der Waals surface area contributed by atoms with Crippen molar-refractivity contribution >= 4 is 22.9 Å². The van der Waals surface area contributed by atoms with Gasteiger partial charge in [0.2, 0.25) is 0 Å². The SMILES string of the molecule is NCCN=C(/C=C1/C(=O)Nc2ccc(F)cc21)c1ccccc1. The molecule has 0 aliphatic carbocycles. The molecule has 0 bridgehead atoms. The van der Waals surface area contributed by atoms with E-state index < -0.39 is 0 Å². The van der Waals surface area contributed by atoms with Gasteiger partial charge >= 0.3 is 0 Å². The van der Waals surface area contributed by atoms with Crippen LogP contribution in [0, 0.1) is 5.82 Å². The number of nitrogens with zero attached hydrogens (tertiary/aromatic N) is 1. The lowest BCUT2D eigenvalue weighted by Crippen LogP contribution is -2.09. The standard InChI is InChI=1S/C18H16FN3O/c19-13-6-7-16-14(10-13)15(18(23)22-16)11-17(21-9-8-20)12-4-2-1-3-5-12/h1-7,10-11H,8-9,20H2,(H,22,23)/b15-11+,21-17?. The molecule has 2 aromatic rings. The summed E-state index contributed by atoms with van der Waals surface area (Å²) >= 11 is 0. The number of aliphatic imine (C=N–C) groups is 1. The fourth-order valence-corrected chi connectivity index (χ4v) is 2.45. The van der Waals surface area contributed by atoms with E-state index in [1.807, 2.05) is 30.3 Å². The second-order valence-electron chi connectivity index (χ2n) is 5.12. The molecule has 23 heavy (non-hydrogen) atoms. The van der Waals surface area contributed by atoms with Crippen LogP contribution in [0.25, 0.3) is 5.57 Å². The lowest BCUT2D eigenvalue weighted by atomic mass is 10.0. The Labute approximate surface area is 133 Å². The third-order valence-corrected chi connectivity index (χ3v) is 3.53. The molecule has 0 spiro atoms. The van der Waals surface area contributed by atoms with Gasteiger partial charge in [0.1, 0.15) is 5.82 Å². The Hall–Kier alpha value is -2.79. The maximum absolute atomic E-state index is 13.5. The van der Waals surface area contributed by atoms with Gasteiger partial charge < -0.3 is 11.1 Å². The van der Waals surface area contributed by atoms with Crippen molar-refractivity contribution in [2.24, 2.45) is 10.7 Å². The van der Waals surface area contributed by atoms with Crippen LogP contribution in [-0.4, -0.2) is 24.7 Å². The Bertz CT molecular complexity index is 797. The Kier molecular flexibility index (Phi) is 4.30. The lowest BCUT2D eigenvalue weighted by molar-refractivity contribution is -0.110. The summed E-state index contributed by atoms with van der Waals surface area (Å²) in [6, 6.07) is 13.7. The molecule has 116 valence electrons. The fourth-order valence-electron chi connectivity index (χ4n) is 2.45. The molecule has 0 unspecified atom stereocenters. The van der Waals surface area contributed by atoms with Crippen molar-refractivity contribution < 1.29 is 9.18 Å². The van der Waals surface area contributed by atoms with Gasteiger partial charge in [-0.3, -0.25) is 9.79 Å². The zero-order chi connectivity index (χ0) is 16.2. The van der Waals surface area contributed by atoms with Gasteiger partial charge in [0.15, 0.2) is 0 Å². The molecule has 1 heterocycles. The lowest BCUT2D eigenvalue weighted by Gasteiger charge is -2.04. The summed E-state index contributed by atoms with van der Waals surface area (Å²) in [7, 11) is 0. The number of carbonyl (C=O) groups excluding carboxylic acids is 1. The van der Waals surface area contributed by atoms with E-state index in [9.17, 15) is 9.18 Å². The maximum atomic E-state index is 13.5. The second-order valence-corrected chi connectivity index (χ2v) is 5.12. The average Bonchev–Trinajstić information content (AvgIpc) is 2.87. The Morgan fingerprint density at radius 1 is 1.22 bits per heavy atom. The van der Waals surface area contributed by atoms with Gasteiger partial charge in [0.25, 0.3) is 5.91 Å². The highest BCUT2D eigenvalue weighted by atomic mass is 19.1. The molecule has 0 radical (unpaired) electrons. The van der Waals surface area contributed by atoms with Crippen molar-refractivity contribution in [3.05, 3.63) is 71.6 Å². The summed E-state index contributed by atoms with van der Waals surface area (Å²) < 4.78 is 13.5. The molecular formula is C18H16FN3O. The minimum atomic E-state index is -0.383. The topological polar surface area (TPSA) is 67.5 Å². The number of hydrogen-bond donors (Lipinski definition) is 2. The minimum Gasteiger partial charge on any atom is -0.329 e. The number of anilines is 1. The Morgan fingerprint density at radius 3 is 2.74 bits per heavy atom. The first-order valence-corrected chi connectivity index (χ1v) is 7.32. The van der Waals surface area contributed by atoms with Crippen molar-refractivity contribution in [1.29, 1.82) is 0 Å². The van der Waals surface area contributed by atoms with E-state index in [1.165, 1.54) is 12.1 Å². The zero-order valence-electron chi connectivity index (χ0n) is 12.4. The molecule has 4 nitrogen and oxygen atoms in total. The highest BCUT2D eigenvalue weighted by Crippen LogP contribution is 2.32. The third-order valence-electron chi connectivity index (χ3n) is 3.53. The number of nitrogens with one attached hydrogen (secondary N) is 1. The summed E-state index contributed by atoms with van der Waals surface area (Å²) in [4.78, 5) is 16.6. The van der Waals surface area contributed by atoms with Gasteiger partial charge in [0.05, 0.1) is 17.8 Å². The van der Waals surface area contributed by atoms with E-state index in [4.69, 9.17) is 5.73 Å². The molecule has 0 saturated carbocycles. The van der Waals surface area contributed by atoms with Crippen LogP contribution in [-0.2, 0) is 4.79 Å². The van der Waals surface area contributed by atoms with Gasteiger partial charge in [-0.05, 0) is 29.8 Å². The van der Waals surface area contributed by atoms with Crippen molar-refractivity contribution in [2.45, 2.75) is 0 Å². The summed E-state index contributed by atoms with van der Waals surface area (Å²) in [6.07, 6.45) is 1.69. The van der Waals surface area contributed by atoms with E-state index in [2.05, 4.69) is 10.3 Å². The molecule has 3 N–H and O–H groups in total. The van der Waals surface area contributed by atoms with E-state index in [0.29, 0.717) is 35.6 Å². The van der Waals surface area contributed by atoms with Crippen LogP contribution in [0.2, 0.25) is 0 Å². The maximum Gasteiger partial charge on any atom is 0.256 e. The van der Waals surface area contributed by atoms with Gasteiger partial charge in [-0.15, -0.1) is 0 Å². The summed E-state index contributed by atoms with van der Waals surface area (Å²) in [6.45, 7) is 0.864. The molecule has 0 saturated heterocycles. The monoisotopic (exact) mass is 309 g/mol. The molecule has 5 heteroatoms. The van der Waals surface area contributed by atoms with Crippen molar-refractivity contribution in [3.8, 4) is 0 Å². The van der Waals surface area contributed by atoms with Crippen LogP contribution < -0.4 is 11.1 Å². The third kappa shape index (κ3) is 3.19. The van der Waals surface area contributed by atoms with E-state index >= 15 is 0 Å². The smallest absolute Gasteiger partial charge is 0.256 e. The van der Waals surface area contributed by atoms with Gasteiger partial charge in [-0.1, -0.05) is 30.3 Å². The normalized spacial score (nSPS) is 15.7. The van der Waals surface area contributed by atoms with Gasteiger partial charge in [-0.2, -0.15) is 0 Å². The van der Waals surface area contributed by atoms with Crippen molar-refractivity contribution in [2.75, 3.05) is 18.4 Å². The predicted octanol–water partition coefficient (Wildman–Crippen LogP) is 2.61. The van der Waals surface area contributed by atoms with Crippen LogP contribution in [0.4, 0.5) is 10.1 Å². The van der Waals surface area contributed by atoms with Crippen LogP contribution in [0.3, 0.4) is 0 Å². The molecule has 0 fully saturated rings. The number of fused-ring (bicyclic) bond motifs is 1. The minimum absolute atomic E-state index is 0.262. The molecule has 3 rings (SSSR count). The number of carbonyl (C=O) groups is 1. The van der Waals surface area contributed by atoms with Crippen molar-refractivity contribution in [1.82, 2.24) is 0 Å². The number of amides is 1. The highest BCUT2D eigenvalue weighted by molar-refractivity contribution is 6.35. The number of halogens is 1. The summed E-state index contributed by atoms with van der Waals surface area (Å²) in [5.74, 6) is -0.645. The number of rotatable bonds is 4. The largest absolute Gasteiger partial charge is 0.329 e. The van der Waals surface area contributed by atoms with E-state index in [1.54, 1.807) is 12.1 Å². The zero-order valence-corrected chi connectivity index (χ0v) is 12.4. The summed E-state index contributed by atoms with van der Waals surface area (Å²) in [5.41, 5.74) is 8.62. The number of nitrogens with two attached hydrogens (primary N) is 1. The molecular weight excluding hydrogens is 293 g/mol. The van der Waals surface area contributed by atoms with Gasteiger partial charge in [-0.25, -0.2) is 4.39 Å². The molecule has 1 amide bonds. The quantitative estimate of drug-likeness (QED) is 0.673. The average molecular weight is 309 g/mol. The second kappa shape index (κ2) is 6.54. The molecule has 1 aliphatic rings. The Morgan fingerprint density at radius 2 is 2.00 bits per heavy atom. The van der Waals surface area contributed by atoms with Crippen LogP contribution >= 0.6 is 0 Å². The Balaban J connectivity index is 2.07. The first-order valence-electron chi connectivity index (χ1n) is 7.32. The van der Waals surface area contributed by atoms with Gasteiger partial charge in [0, 0.05) is 17.8 Å². The fraction of sp³-hybridized carbons (Fsp3) is 0.111. The van der Waals surface area contributed by atoms with E-state index in [-0.39, 0.29) is 11.7 Å². The number of allylic oxidation sites excluding steroid dienone is 1. The molecule has 0 aromatic heterocycles. The van der Waals surface area contributed by atoms with Crippen LogP contribution in [0.15, 0.2) is 59.6 Å². The molecule has 0 atom stereocenters. The van der Waals surface area contributed by atoms with E-state index in [0.717, 1.165) is 5.56 Å². The van der Waals surface area contributed by atoms with Crippen LogP contribution in [0.1, 0.15) is 11.1 Å². The first kappa shape index (κ1) is 15.1. The molecule has 2 aromatic carbocycles. The molecule has 1 aliphatic heterocycles. The highest BCUT2D eigenvalue weighted by Gasteiger charge is 2.25.